The van der Waals surface area contributed by atoms with E-state index < -0.39 is 0 Å². The fourth-order valence-corrected chi connectivity index (χ4v) is 2.69. The van der Waals surface area contributed by atoms with Gasteiger partial charge in [-0.05, 0) is 34.7 Å². The van der Waals surface area contributed by atoms with Crippen LogP contribution in [0.3, 0.4) is 0 Å². The van der Waals surface area contributed by atoms with Crippen LogP contribution in [0.2, 0.25) is 0 Å². The molecule has 2 heteroatoms. The molecule has 0 fully saturated rings. The molecule has 0 atom stereocenters. The van der Waals surface area contributed by atoms with Crippen LogP contribution >= 0.6 is 13.5 Å². The molecule has 0 bridgehead atoms. The second-order valence-corrected chi connectivity index (χ2v) is 5.49. The lowest BCUT2D eigenvalue weighted by molar-refractivity contribution is -0.116. The third kappa shape index (κ3) is 4.11. The van der Waals surface area contributed by atoms with Crippen molar-refractivity contribution in [1.82, 2.24) is 0 Å². The zero-order valence-electron chi connectivity index (χ0n) is 13.1. The molecule has 0 aliphatic carbocycles. The maximum Gasteiger partial charge on any atom is 0.134 e. The molecule has 0 spiro atoms. The quantitative estimate of drug-likeness (QED) is 0.640. The van der Waals surface area contributed by atoms with Gasteiger partial charge in [-0.25, -0.2) is 0 Å². The van der Waals surface area contributed by atoms with Gasteiger partial charge in [0.1, 0.15) is 5.78 Å². The van der Waals surface area contributed by atoms with Gasteiger partial charge in [0.05, 0.1) is 0 Å². The van der Waals surface area contributed by atoms with Gasteiger partial charge >= 0.3 is 0 Å². The maximum absolute atomic E-state index is 11.2. The SMILES string of the molecule is CC(=O)Cc1ccc(-c2ccccc2-c2ccccc2)cc1.S. The van der Waals surface area contributed by atoms with Gasteiger partial charge < -0.3 is 0 Å². The largest absolute Gasteiger partial charge is 0.300 e. The Labute approximate surface area is 144 Å². The zero-order valence-corrected chi connectivity index (χ0v) is 14.1. The molecule has 0 aliphatic heterocycles. The number of ketones is 1. The fourth-order valence-electron chi connectivity index (χ4n) is 2.69. The summed E-state index contributed by atoms with van der Waals surface area (Å²) in [7, 11) is 0. The van der Waals surface area contributed by atoms with Gasteiger partial charge in [-0.3, -0.25) is 4.79 Å². The molecule has 0 saturated heterocycles. The molecule has 0 N–H and O–H groups in total. The van der Waals surface area contributed by atoms with Crippen molar-refractivity contribution in [2.24, 2.45) is 0 Å². The van der Waals surface area contributed by atoms with E-state index in [0.717, 1.165) is 5.56 Å². The van der Waals surface area contributed by atoms with Crippen molar-refractivity contribution in [3.05, 3.63) is 84.4 Å². The highest BCUT2D eigenvalue weighted by atomic mass is 32.1. The van der Waals surface area contributed by atoms with E-state index in [1.807, 2.05) is 18.2 Å². The van der Waals surface area contributed by atoms with Crippen LogP contribution in [0, 0.1) is 0 Å². The molecule has 0 saturated carbocycles. The Balaban J connectivity index is 0.00000192. The third-order valence-electron chi connectivity index (χ3n) is 3.73. The number of benzene rings is 3. The summed E-state index contributed by atoms with van der Waals surface area (Å²) in [6.07, 6.45) is 0.501. The van der Waals surface area contributed by atoms with E-state index >= 15 is 0 Å². The lowest BCUT2D eigenvalue weighted by Gasteiger charge is -2.10. The maximum atomic E-state index is 11.2. The van der Waals surface area contributed by atoms with Gasteiger partial charge in [-0.15, -0.1) is 0 Å². The van der Waals surface area contributed by atoms with Crippen molar-refractivity contribution >= 4 is 19.3 Å². The molecule has 1 nitrogen and oxygen atoms in total. The summed E-state index contributed by atoms with van der Waals surface area (Å²) < 4.78 is 0. The number of carbonyl (C=O) groups is 1. The second kappa shape index (κ2) is 7.80. The Morgan fingerprint density at radius 2 is 1.17 bits per heavy atom. The lowest BCUT2D eigenvalue weighted by atomic mass is 9.94. The summed E-state index contributed by atoms with van der Waals surface area (Å²) in [5.41, 5.74) is 5.89. The molecule has 3 aromatic rings. The smallest absolute Gasteiger partial charge is 0.134 e. The number of hydrogen-bond donors (Lipinski definition) is 0. The molecule has 3 rings (SSSR count). The minimum Gasteiger partial charge on any atom is -0.300 e. The minimum absolute atomic E-state index is 0. The number of Topliss-reactive ketones (excluding diaryl/α,β-unsaturated/α-hetero) is 1. The lowest BCUT2D eigenvalue weighted by Crippen LogP contribution is -1.95. The standard InChI is InChI=1S/C21H18O.H2S/c1-16(22)15-17-11-13-19(14-12-17)21-10-6-5-9-20(21)18-7-3-2-4-8-18;/h2-14H,15H2,1H3;1H2. The summed E-state index contributed by atoms with van der Waals surface area (Å²) in [6.45, 7) is 1.62. The van der Waals surface area contributed by atoms with Crippen molar-refractivity contribution in [3.8, 4) is 22.3 Å². The van der Waals surface area contributed by atoms with E-state index in [1.54, 1.807) is 6.92 Å². The Kier molecular flexibility index (Phi) is 5.78. The summed E-state index contributed by atoms with van der Waals surface area (Å²) in [6, 6.07) is 27.1. The van der Waals surface area contributed by atoms with Crippen LogP contribution < -0.4 is 0 Å². The first-order valence-electron chi connectivity index (χ1n) is 7.47. The monoisotopic (exact) mass is 320 g/mol. The van der Waals surface area contributed by atoms with Crippen molar-refractivity contribution in [1.29, 1.82) is 0 Å². The van der Waals surface area contributed by atoms with Crippen LogP contribution in [-0.4, -0.2) is 5.78 Å². The predicted molar refractivity (Wildman–Crippen MR) is 102 cm³/mol. The molecule has 23 heavy (non-hydrogen) atoms. The molecule has 0 amide bonds. The molecule has 0 heterocycles. The van der Waals surface area contributed by atoms with Crippen molar-refractivity contribution in [3.63, 3.8) is 0 Å². The van der Waals surface area contributed by atoms with Crippen molar-refractivity contribution < 1.29 is 4.79 Å². The first-order chi connectivity index (χ1) is 10.7. The van der Waals surface area contributed by atoms with Gasteiger partial charge in [0.25, 0.3) is 0 Å². The third-order valence-corrected chi connectivity index (χ3v) is 3.73. The van der Waals surface area contributed by atoms with Gasteiger partial charge in [0.2, 0.25) is 0 Å². The van der Waals surface area contributed by atoms with Crippen molar-refractivity contribution in [2.75, 3.05) is 0 Å². The highest BCUT2D eigenvalue weighted by Gasteiger charge is 2.07. The van der Waals surface area contributed by atoms with Crippen molar-refractivity contribution in [2.45, 2.75) is 13.3 Å². The van der Waals surface area contributed by atoms with Crippen LogP contribution in [0.4, 0.5) is 0 Å². The minimum atomic E-state index is 0. The molecular weight excluding hydrogens is 300 g/mol. The van der Waals surface area contributed by atoms with Crippen LogP contribution in [0.15, 0.2) is 78.9 Å². The van der Waals surface area contributed by atoms with E-state index in [1.165, 1.54) is 22.3 Å². The van der Waals surface area contributed by atoms with Crippen LogP contribution in [-0.2, 0) is 11.2 Å². The molecular formula is C21H20OS. The first-order valence-corrected chi connectivity index (χ1v) is 7.47. The summed E-state index contributed by atoms with van der Waals surface area (Å²) in [4.78, 5) is 11.2. The Bertz CT molecular complexity index is 776. The zero-order chi connectivity index (χ0) is 15.4. The topological polar surface area (TPSA) is 17.1 Å². The fraction of sp³-hybridized carbons (Fsp3) is 0.0952. The Morgan fingerprint density at radius 1 is 0.696 bits per heavy atom. The van der Waals surface area contributed by atoms with Crippen LogP contribution in [0.5, 0.6) is 0 Å². The van der Waals surface area contributed by atoms with Gasteiger partial charge in [0, 0.05) is 6.42 Å². The van der Waals surface area contributed by atoms with E-state index in [9.17, 15) is 4.79 Å². The predicted octanol–water partition coefficient (Wildman–Crippen LogP) is 5.26. The van der Waals surface area contributed by atoms with E-state index in [0.29, 0.717) is 6.42 Å². The molecule has 0 aromatic heterocycles. The van der Waals surface area contributed by atoms with E-state index in [-0.39, 0.29) is 19.3 Å². The number of rotatable bonds is 4. The molecule has 0 unspecified atom stereocenters. The normalized spacial score (nSPS) is 9.96. The highest BCUT2D eigenvalue weighted by molar-refractivity contribution is 7.59. The molecule has 0 aliphatic rings. The second-order valence-electron chi connectivity index (χ2n) is 5.49. The highest BCUT2D eigenvalue weighted by Crippen LogP contribution is 2.31. The summed E-state index contributed by atoms with van der Waals surface area (Å²) >= 11 is 0. The average molecular weight is 320 g/mol. The van der Waals surface area contributed by atoms with Gasteiger partial charge in [-0.1, -0.05) is 78.9 Å². The van der Waals surface area contributed by atoms with E-state index in [4.69, 9.17) is 0 Å². The van der Waals surface area contributed by atoms with E-state index in [2.05, 4.69) is 60.7 Å². The summed E-state index contributed by atoms with van der Waals surface area (Å²) in [5.74, 6) is 0.192. The Hall–Kier alpha value is -2.32. The average Bonchev–Trinajstić information content (AvgIpc) is 2.56. The van der Waals surface area contributed by atoms with Crippen LogP contribution in [0.1, 0.15) is 12.5 Å². The first kappa shape index (κ1) is 17.0. The van der Waals surface area contributed by atoms with Gasteiger partial charge in [0.15, 0.2) is 0 Å². The number of hydrogen-bond acceptors (Lipinski definition) is 1. The van der Waals surface area contributed by atoms with Crippen LogP contribution in [0.25, 0.3) is 22.3 Å². The Morgan fingerprint density at radius 3 is 1.70 bits per heavy atom. The summed E-state index contributed by atoms with van der Waals surface area (Å²) in [5, 5.41) is 0. The molecule has 3 aromatic carbocycles. The molecule has 116 valence electrons. The van der Waals surface area contributed by atoms with Gasteiger partial charge in [-0.2, -0.15) is 13.5 Å². The molecule has 0 radical (unpaired) electrons. The number of carbonyl (C=O) groups excluding carboxylic acids is 1.